The van der Waals surface area contributed by atoms with Crippen molar-refractivity contribution in [3.8, 4) is 0 Å². The monoisotopic (exact) mass is 212 g/mol. The summed E-state index contributed by atoms with van der Waals surface area (Å²) in [7, 11) is 2.15. The van der Waals surface area contributed by atoms with E-state index in [9.17, 15) is 5.11 Å². The van der Waals surface area contributed by atoms with Crippen LogP contribution in [0, 0.1) is 5.92 Å². The molecule has 3 nitrogen and oxygen atoms in total. The topological polar surface area (TPSA) is 35.5 Å². The first-order valence-electron chi connectivity index (χ1n) is 6.30. The van der Waals surface area contributed by atoms with Gasteiger partial charge in [-0.2, -0.15) is 0 Å². The summed E-state index contributed by atoms with van der Waals surface area (Å²) in [6, 6.07) is 0. The Kier molecular flexibility index (Phi) is 3.65. The molecule has 3 heteroatoms. The third-order valence-electron chi connectivity index (χ3n) is 3.89. The van der Waals surface area contributed by atoms with Crippen LogP contribution in [-0.4, -0.2) is 48.8 Å². The number of likely N-dealkylation sites (N-methyl/N-ethyl adjacent to an activating group) is 1. The highest BCUT2D eigenvalue weighted by atomic mass is 16.3. The van der Waals surface area contributed by atoms with E-state index in [-0.39, 0.29) is 0 Å². The van der Waals surface area contributed by atoms with Crippen LogP contribution in [0.25, 0.3) is 0 Å². The maximum Gasteiger partial charge on any atom is 0.0798 e. The van der Waals surface area contributed by atoms with Crippen LogP contribution in [0.1, 0.15) is 32.1 Å². The van der Waals surface area contributed by atoms with E-state index in [0.29, 0.717) is 0 Å². The first-order valence-corrected chi connectivity index (χ1v) is 6.30. The van der Waals surface area contributed by atoms with E-state index in [0.717, 1.165) is 38.4 Å². The largest absolute Gasteiger partial charge is 0.388 e. The van der Waals surface area contributed by atoms with Crippen molar-refractivity contribution in [1.29, 1.82) is 0 Å². The number of aliphatic hydroxyl groups is 1. The SMILES string of the molecule is CN(CC1CCC1)CC1(O)CCNCC1. The molecule has 2 aliphatic rings. The maximum atomic E-state index is 10.4. The van der Waals surface area contributed by atoms with E-state index in [1.165, 1.54) is 25.8 Å². The Hall–Kier alpha value is -0.120. The van der Waals surface area contributed by atoms with Crippen LogP contribution >= 0.6 is 0 Å². The van der Waals surface area contributed by atoms with Crippen molar-refractivity contribution in [1.82, 2.24) is 10.2 Å². The number of hydrogen-bond donors (Lipinski definition) is 2. The lowest BCUT2D eigenvalue weighted by Crippen LogP contribution is -2.49. The highest BCUT2D eigenvalue weighted by molar-refractivity contribution is 4.87. The van der Waals surface area contributed by atoms with Crippen molar-refractivity contribution >= 4 is 0 Å². The molecule has 0 aromatic heterocycles. The number of hydrogen-bond acceptors (Lipinski definition) is 3. The van der Waals surface area contributed by atoms with Gasteiger partial charge in [0.1, 0.15) is 0 Å². The average molecular weight is 212 g/mol. The molecule has 1 saturated carbocycles. The molecular weight excluding hydrogens is 188 g/mol. The van der Waals surface area contributed by atoms with Gasteiger partial charge in [0.15, 0.2) is 0 Å². The molecule has 2 fully saturated rings. The Labute approximate surface area is 92.8 Å². The van der Waals surface area contributed by atoms with Crippen molar-refractivity contribution < 1.29 is 5.11 Å². The second kappa shape index (κ2) is 4.81. The van der Waals surface area contributed by atoms with Crippen LogP contribution < -0.4 is 5.32 Å². The molecule has 1 aliphatic carbocycles. The summed E-state index contributed by atoms with van der Waals surface area (Å²) in [5, 5.41) is 13.7. The Morgan fingerprint density at radius 1 is 1.33 bits per heavy atom. The number of rotatable bonds is 4. The zero-order chi connectivity index (χ0) is 10.7. The maximum absolute atomic E-state index is 10.4. The predicted molar refractivity (Wildman–Crippen MR) is 61.9 cm³/mol. The van der Waals surface area contributed by atoms with Crippen LogP contribution in [0.2, 0.25) is 0 Å². The van der Waals surface area contributed by atoms with Gasteiger partial charge >= 0.3 is 0 Å². The van der Waals surface area contributed by atoms with Crippen LogP contribution in [0.3, 0.4) is 0 Å². The van der Waals surface area contributed by atoms with E-state index < -0.39 is 5.60 Å². The van der Waals surface area contributed by atoms with Gasteiger partial charge in [0.05, 0.1) is 5.60 Å². The fraction of sp³-hybridized carbons (Fsp3) is 1.00. The van der Waals surface area contributed by atoms with Crippen LogP contribution in [0.4, 0.5) is 0 Å². The minimum atomic E-state index is -0.427. The molecule has 2 N–H and O–H groups in total. The molecular formula is C12H24N2O. The molecule has 0 amide bonds. The highest BCUT2D eigenvalue weighted by Gasteiger charge is 2.31. The Balaban J connectivity index is 1.73. The van der Waals surface area contributed by atoms with Crippen molar-refractivity contribution in [2.24, 2.45) is 5.92 Å². The number of piperidine rings is 1. The zero-order valence-corrected chi connectivity index (χ0v) is 9.84. The molecule has 0 atom stereocenters. The Morgan fingerprint density at radius 3 is 2.53 bits per heavy atom. The van der Waals surface area contributed by atoms with Crippen molar-refractivity contribution in [2.45, 2.75) is 37.7 Å². The van der Waals surface area contributed by atoms with Gasteiger partial charge in [-0.05, 0) is 51.7 Å². The van der Waals surface area contributed by atoms with E-state index in [4.69, 9.17) is 0 Å². The van der Waals surface area contributed by atoms with Crippen molar-refractivity contribution in [3.05, 3.63) is 0 Å². The van der Waals surface area contributed by atoms with Gasteiger partial charge < -0.3 is 15.3 Å². The fourth-order valence-corrected chi connectivity index (χ4v) is 2.73. The van der Waals surface area contributed by atoms with Crippen LogP contribution in [0.15, 0.2) is 0 Å². The summed E-state index contributed by atoms with van der Waals surface area (Å²) in [5.74, 6) is 0.903. The second-order valence-corrected chi connectivity index (χ2v) is 5.47. The lowest BCUT2D eigenvalue weighted by molar-refractivity contribution is -0.0200. The Morgan fingerprint density at radius 2 is 2.00 bits per heavy atom. The van der Waals surface area contributed by atoms with Gasteiger partial charge in [0.2, 0.25) is 0 Å². The predicted octanol–water partition coefficient (Wildman–Crippen LogP) is 0.833. The molecule has 0 aromatic carbocycles. The lowest BCUT2D eigenvalue weighted by Gasteiger charge is -2.38. The number of nitrogens with one attached hydrogen (secondary N) is 1. The second-order valence-electron chi connectivity index (χ2n) is 5.47. The summed E-state index contributed by atoms with van der Waals surface area (Å²) >= 11 is 0. The molecule has 1 heterocycles. The highest BCUT2D eigenvalue weighted by Crippen LogP contribution is 2.27. The lowest BCUT2D eigenvalue weighted by atomic mass is 9.84. The summed E-state index contributed by atoms with van der Waals surface area (Å²) in [4.78, 5) is 2.33. The molecule has 15 heavy (non-hydrogen) atoms. The summed E-state index contributed by atoms with van der Waals surface area (Å²) < 4.78 is 0. The minimum absolute atomic E-state index is 0.427. The molecule has 0 radical (unpaired) electrons. The van der Waals surface area contributed by atoms with E-state index in [1.54, 1.807) is 0 Å². The third kappa shape index (κ3) is 3.16. The molecule has 0 unspecified atom stereocenters. The molecule has 0 bridgehead atoms. The van der Waals surface area contributed by atoms with Gasteiger partial charge in [-0.15, -0.1) is 0 Å². The molecule has 88 valence electrons. The van der Waals surface area contributed by atoms with E-state index in [2.05, 4.69) is 17.3 Å². The summed E-state index contributed by atoms with van der Waals surface area (Å²) in [5.41, 5.74) is -0.427. The standard InChI is InChI=1S/C12H24N2O/c1-14(9-11-3-2-4-11)10-12(15)5-7-13-8-6-12/h11,13,15H,2-10H2,1H3. The number of nitrogens with zero attached hydrogens (tertiary/aromatic N) is 1. The third-order valence-corrected chi connectivity index (χ3v) is 3.89. The summed E-state index contributed by atoms with van der Waals surface area (Å²) in [6.07, 6.45) is 6.01. The van der Waals surface area contributed by atoms with Crippen LogP contribution in [0.5, 0.6) is 0 Å². The summed E-state index contributed by atoms with van der Waals surface area (Å²) in [6.45, 7) is 3.96. The molecule has 0 aromatic rings. The van der Waals surface area contributed by atoms with Crippen molar-refractivity contribution in [3.63, 3.8) is 0 Å². The molecule has 1 saturated heterocycles. The first-order chi connectivity index (χ1) is 7.18. The van der Waals surface area contributed by atoms with Gasteiger partial charge in [-0.25, -0.2) is 0 Å². The molecule has 2 rings (SSSR count). The Bertz CT molecular complexity index is 198. The van der Waals surface area contributed by atoms with Gasteiger partial charge in [0, 0.05) is 13.1 Å². The van der Waals surface area contributed by atoms with Gasteiger partial charge in [0.25, 0.3) is 0 Å². The van der Waals surface area contributed by atoms with E-state index >= 15 is 0 Å². The fourth-order valence-electron chi connectivity index (χ4n) is 2.73. The minimum Gasteiger partial charge on any atom is -0.388 e. The zero-order valence-electron chi connectivity index (χ0n) is 9.84. The molecule has 1 aliphatic heterocycles. The average Bonchev–Trinajstić information content (AvgIpc) is 2.12. The smallest absolute Gasteiger partial charge is 0.0798 e. The quantitative estimate of drug-likeness (QED) is 0.724. The van der Waals surface area contributed by atoms with Gasteiger partial charge in [-0.3, -0.25) is 0 Å². The van der Waals surface area contributed by atoms with Crippen LogP contribution in [-0.2, 0) is 0 Å². The molecule has 0 spiro atoms. The van der Waals surface area contributed by atoms with Crippen molar-refractivity contribution in [2.75, 3.05) is 33.2 Å². The van der Waals surface area contributed by atoms with E-state index in [1.807, 2.05) is 0 Å². The normalized spacial score (nSPS) is 26.6. The first kappa shape index (κ1) is 11.4. The van der Waals surface area contributed by atoms with Gasteiger partial charge in [-0.1, -0.05) is 6.42 Å².